The van der Waals surface area contributed by atoms with Crippen LogP contribution < -0.4 is 15.4 Å². The van der Waals surface area contributed by atoms with Gasteiger partial charge in [-0.3, -0.25) is 9.69 Å². The molecule has 0 saturated carbocycles. The largest absolute Gasteiger partial charge is 0.369 e. The lowest BCUT2D eigenvalue weighted by molar-refractivity contribution is 0.244. The van der Waals surface area contributed by atoms with Gasteiger partial charge in [0.2, 0.25) is 5.56 Å². The van der Waals surface area contributed by atoms with Crippen LogP contribution in [0.1, 0.15) is 5.69 Å². The van der Waals surface area contributed by atoms with Gasteiger partial charge in [-0.1, -0.05) is 6.07 Å². The molecule has 1 aliphatic rings. The lowest BCUT2D eigenvalue weighted by Crippen LogP contribution is -2.46. The molecule has 0 unspecified atom stereocenters. The minimum absolute atomic E-state index is 0.0474. The molecule has 1 saturated heterocycles. The van der Waals surface area contributed by atoms with Crippen LogP contribution in [0.5, 0.6) is 0 Å². The van der Waals surface area contributed by atoms with Crippen molar-refractivity contribution >= 4 is 22.4 Å². The van der Waals surface area contributed by atoms with Crippen molar-refractivity contribution in [2.24, 2.45) is 7.05 Å². The van der Waals surface area contributed by atoms with Crippen molar-refractivity contribution in [3.63, 3.8) is 0 Å². The Morgan fingerprint density at radius 3 is 2.57 bits per heavy atom. The molecule has 0 spiro atoms. The normalized spacial score (nSPS) is 15.2. The molecule has 146 valence electrons. The summed E-state index contributed by atoms with van der Waals surface area (Å²) < 4.78 is 1.73. The van der Waals surface area contributed by atoms with Crippen molar-refractivity contribution in [1.82, 2.24) is 19.4 Å². The number of pyridine rings is 1. The van der Waals surface area contributed by atoms with E-state index < -0.39 is 0 Å². The topological polar surface area (TPSA) is 57.5 Å². The van der Waals surface area contributed by atoms with E-state index in [1.165, 1.54) is 5.69 Å². The van der Waals surface area contributed by atoms with E-state index in [4.69, 9.17) is 0 Å². The number of aromatic nitrogens is 3. The summed E-state index contributed by atoms with van der Waals surface area (Å²) >= 11 is 0. The van der Waals surface area contributed by atoms with Crippen LogP contribution >= 0.6 is 0 Å². The van der Waals surface area contributed by atoms with E-state index in [-0.39, 0.29) is 5.56 Å². The van der Waals surface area contributed by atoms with Gasteiger partial charge in [0.05, 0.1) is 5.52 Å². The fourth-order valence-corrected chi connectivity index (χ4v) is 3.74. The van der Waals surface area contributed by atoms with E-state index in [1.54, 1.807) is 17.0 Å². The Kier molecular flexibility index (Phi) is 5.00. The van der Waals surface area contributed by atoms with Gasteiger partial charge in [-0.2, -0.15) is 0 Å². The van der Waals surface area contributed by atoms with Crippen molar-refractivity contribution in [3.8, 4) is 0 Å². The number of hydrogen-bond donors (Lipinski definition) is 0. The van der Waals surface area contributed by atoms with Crippen LogP contribution in [0.15, 0.2) is 47.5 Å². The fourth-order valence-electron chi connectivity index (χ4n) is 3.74. The summed E-state index contributed by atoms with van der Waals surface area (Å²) in [6, 6.07) is 11.9. The summed E-state index contributed by atoms with van der Waals surface area (Å²) in [5, 5.41) is 1.08. The lowest BCUT2D eigenvalue weighted by Gasteiger charge is -2.36. The molecular formula is C21H26N6O. The first-order chi connectivity index (χ1) is 13.5. The highest BCUT2D eigenvalue weighted by molar-refractivity contribution is 5.91. The first kappa shape index (κ1) is 18.4. The van der Waals surface area contributed by atoms with Gasteiger partial charge in [0.25, 0.3) is 0 Å². The van der Waals surface area contributed by atoms with Gasteiger partial charge in [0.1, 0.15) is 12.1 Å². The molecule has 0 radical (unpaired) electrons. The summed E-state index contributed by atoms with van der Waals surface area (Å²) in [5.41, 5.74) is 3.27. The molecule has 3 heterocycles. The average molecular weight is 378 g/mol. The zero-order valence-corrected chi connectivity index (χ0v) is 16.7. The lowest BCUT2D eigenvalue weighted by atomic mass is 10.1. The average Bonchev–Trinajstić information content (AvgIpc) is 2.71. The maximum absolute atomic E-state index is 11.8. The minimum Gasteiger partial charge on any atom is -0.369 e. The highest BCUT2D eigenvalue weighted by Crippen LogP contribution is 2.27. The molecule has 0 aliphatic carbocycles. The molecule has 0 amide bonds. The zero-order chi connectivity index (χ0) is 19.7. The first-order valence-corrected chi connectivity index (χ1v) is 9.57. The summed E-state index contributed by atoms with van der Waals surface area (Å²) in [4.78, 5) is 27.5. The second-order valence-electron chi connectivity index (χ2n) is 7.47. The van der Waals surface area contributed by atoms with Gasteiger partial charge >= 0.3 is 0 Å². The molecule has 0 bridgehead atoms. The number of nitrogens with zero attached hydrogens (tertiary/aromatic N) is 6. The number of fused-ring (bicyclic) bond motifs is 1. The Hall–Kier alpha value is -2.93. The molecular weight excluding hydrogens is 352 g/mol. The van der Waals surface area contributed by atoms with Gasteiger partial charge in [-0.05, 0) is 24.3 Å². The number of benzene rings is 1. The molecule has 4 rings (SSSR count). The molecule has 1 fully saturated rings. The van der Waals surface area contributed by atoms with E-state index >= 15 is 0 Å². The van der Waals surface area contributed by atoms with Crippen LogP contribution in [0.25, 0.3) is 10.9 Å². The Balaban J connectivity index is 1.48. The SMILES string of the molecule is CN(C)c1ncnc2ccc(N3CCN(Cc4cccc(=O)n4C)CC3)cc12. The van der Waals surface area contributed by atoms with Crippen LogP contribution in [0.3, 0.4) is 0 Å². The van der Waals surface area contributed by atoms with Gasteiger partial charge in [-0.15, -0.1) is 0 Å². The standard InChI is InChI=1S/C21H26N6O/c1-24(2)21-18-13-16(7-8-19(18)22-15-23-21)27-11-9-26(10-12-27)14-17-5-4-6-20(28)25(17)3/h4-8,13,15H,9-12,14H2,1-3H3. The smallest absolute Gasteiger partial charge is 0.250 e. The Labute approximate surface area is 164 Å². The van der Waals surface area contributed by atoms with Crippen molar-refractivity contribution in [2.45, 2.75) is 6.54 Å². The van der Waals surface area contributed by atoms with Crippen LogP contribution in [0.2, 0.25) is 0 Å². The highest BCUT2D eigenvalue weighted by atomic mass is 16.1. The molecule has 0 atom stereocenters. The summed E-state index contributed by atoms with van der Waals surface area (Å²) in [6.07, 6.45) is 1.62. The molecule has 3 aromatic rings. The van der Waals surface area contributed by atoms with E-state index in [0.29, 0.717) is 0 Å². The second kappa shape index (κ2) is 7.59. The Morgan fingerprint density at radius 2 is 1.82 bits per heavy atom. The van der Waals surface area contributed by atoms with Gasteiger partial charge in [-0.25, -0.2) is 9.97 Å². The maximum atomic E-state index is 11.8. The third kappa shape index (κ3) is 3.57. The van der Waals surface area contributed by atoms with E-state index in [1.807, 2.05) is 38.2 Å². The molecule has 1 aliphatic heterocycles. The third-order valence-electron chi connectivity index (χ3n) is 5.43. The number of hydrogen-bond acceptors (Lipinski definition) is 6. The van der Waals surface area contributed by atoms with Crippen molar-refractivity contribution < 1.29 is 0 Å². The van der Waals surface area contributed by atoms with Gasteiger partial charge in [0, 0.05) is 76.7 Å². The molecule has 2 aromatic heterocycles. The third-order valence-corrected chi connectivity index (χ3v) is 5.43. The molecule has 7 nitrogen and oxygen atoms in total. The zero-order valence-electron chi connectivity index (χ0n) is 16.7. The van der Waals surface area contributed by atoms with E-state index in [2.05, 4.69) is 38.0 Å². The Bertz CT molecular complexity index is 1040. The van der Waals surface area contributed by atoms with Crippen LogP contribution in [-0.4, -0.2) is 59.7 Å². The minimum atomic E-state index is 0.0474. The first-order valence-electron chi connectivity index (χ1n) is 9.57. The van der Waals surface area contributed by atoms with Gasteiger partial charge in [0.15, 0.2) is 0 Å². The highest BCUT2D eigenvalue weighted by Gasteiger charge is 2.19. The van der Waals surface area contributed by atoms with Gasteiger partial charge < -0.3 is 14.4 Å². The predicted octanol–water partition coefficient (Wildman–Crippen LogP) is 1.72. The van der Waals surface area contributed by atoms with E-state index in [9.17, 15) is 4.79 Å². The number of anilines is 2. The molecule has 1 aromatic carbocycles. The van der Waals surface area contributed by atoms with Crippen LogP contribution in [-0.2, 0) is 13.6 Å². The summed E-state index contributed by atoms with van der Waals surface area (Å²) in [6.45, 7) is 4.64. The quantitative estimate of drug-likeness (QED) is 0.689. The van der Waals surface area contributed by atoms with Crippen LogP contribution in [0, 0.1) is 0 Å². The second-order valence-corrected chi connectivity index (χ2v) is 7.47. The number of rotatable bonds is 4. The maximum Gasteiger partial charge on any atom is 0.250 e. The predicted molar refractivity (Wildman–Crippen MR) is 113 cm³/mol. The number of piperazine rings is 1. The summed E-state index contributed by atoms with van der Waals surface area (Å²) in [5.74, 6) is 0.940. The van der Waals surface area contributed by atoms with Crippen molar-refractivity contribution in [2.75, 3.05) is 50.1 Å². The Morgan fingerprint density at radius 1 is 1.04 bits per heavy atom. The summed E-state index contributed by atoms with van der Waals surface area (Å²) in [7, 11) is 5.85. The molecule has 28 heavy (non-hydrogen) atoms. The van der Waals surface area contributed by atoms with Crippen molar-refractivity contribution in [3.05, 3.63) is 58.8 Å². The monoisotopic (exact) mass is 378 g/mol. The fraction of sp³-hybridized carbons (Fsp3) is 0.381. The van der Waals surface area contributed by atoms with E-state index in [0.717, 1.165) is 55.1 Å². The molecule has 7 heteroatoms. The van der Waals surface area contributed by atoms with Crippen molar-refractivity contribution in [1.29, 1.82) is 0 Å². The van der Waals surface area contributed by atoms with Crippen LogP contribution in [0.4, 0.5) is 11.5 Å². The molecule has 0 N–H and O–H groups in total.